The minimum absolute atomic E-state index is 0. The number of furan rings is 1. The number of carbonyl (C=O) groups is 2. The highest BCUT2D eigenvalue weighted by molar-refractivity contribution is 6.12. The van der Waals surface area contributed by atoms with Crippen LogP contribution in [0.1, 0.15) is 72.4 Å². The monoisotopic (exact) mass is 554 g/mol. The maximum Gasteiger partial charge on any atom is 0.336 e. The van der Waals surface area contributed by atoms with Gasteiger partial charge in [-0.25, -0.2) is 9.59 Å². The SMILES string of the molecule is CCN(CC)CCCc1cc2oc3ccc(C(=O)O)cc3c2c(CCCN(CC)CC)c1C(=O)O.Cl.Cl. The van der Waals surface area contributed by atoms with Crippen LogP contribution in [0.25, 0.3) is 21.9 Å². The normalized spacial score (nSPS) is 11.2. The molecule has 1 heterocycles. The zero-order chi connectivity index (χ0) is 25.5. The van der Waals surface area contributed by atoms with Crippen LogP contribution in [0, 0.1) is 0 Å². The first kappa shape index (κ1) is 32.7. The number of nitrogens with zero attached hydrogens (tertiary/aromatic N) is 2. The number of benzene rings is 2. The zero-order valence-electron chi connectivity index (χ0n) is 22.2. The minimum atomic E-state index is -1.02. The number of halogens is 2. The zero-order valence-corrected chi connectivity index (χ0v) is 23.8. The first-order chi connectivity index (χ1) is 16.8. The van der Waals surface area contributed by atoms with Gasteiger partial charge in [0.15, 0.2) is 0 Å². The van der Waals surface area contributed by atoms with Gasteiger partial charge >= 0.3 is 11.9 Å². The van der Waals surface area contributed by atoms with Crippen molar-refractivity contribution in [2.45, 2.75) is 53.4 Å². The highest BCUT2D eigenvalue weighted by Gasteiger charge is 2.23. The number of hydrogen-bond donors (Lipinski definition) is 2. The van der Waals surface area contributed by atoms with Gasteiger partial charge in [-0.15, -0.1) is 24.8 Å². The fourth-order valence-electron chi connectivity index (χ4n) is 4.98. The molecule has 0 fully saturated rings. The molecule has 0 atom stereocenters. The summed E-state index contributed by atoms with van der Waals surface area (Å²) in [5.41, 5.74) is 3.25. The van der Waals surface area contributed by atoms with Crippen LogP contribution in [0.2, 0.25) is 0 Å². The molecule has 0 aliphatic heterocycles. The molecule has 3 rings (SSSR count). The van der Waals surface area contributed by atoms with Gasteiger partial charge < -0.3 is 24.4 Å². The fraction of sp³-hybridized carbons (Fsp3) is 0.500. The third-order valence-electron chi connectivity index (χ3n) is 7.02. The van der Waals surface area contributed by atoms with Crippen molar-refractivity contribution in [2.75, 3.05) is 39.3 Å². The molecule has 1 aromatic heterocycles. The number of fused-ring (bicyclic) bond motifs is 3. The molecule has 2 aromatic carbocycles. The van der Waals surface area contributed by atoms with Crippen LogP contribution in [0.15, 0.2) is 28.7 Å². The number of aromatic carboxylic acids is 2. The molecule has 9 heteroatoms. The van der Waals surface area contributed by atoms with Gasteiger partial charge in [-0.05, 0) is 100 Å². The second kappa shape index (κ2) is 15.2. The van der Waals surface area contributed by atoms with Gasteiger partial charge in [0.05, 0.1) is 11.1 Å². The second-order valence-electron chi connectivity index (χ2n) is 8.95. The van der Waals surface area contributed by atoms with Crippen molar-refractivity contribution in [3.8, 4) is 0 Å². The van der Waals surface area contributed by atoms with E-state index in [-0.39, 0.29) is 30.4 Å². The first-order valence-electron chi connectivity index (χ1n) is 12.8. The maximum atomic E-state index is 12.6. The molecule has 0 amide bonds. The van der Waals surface area contributed by atoms with Gasteiger partial charge in [0.2, 0.25) is 0 Å². The summed E-state index contributed by atoms with van der Waals surface area (Å²) >= 11 is 0. The van der Waals surface area contributed by atoms with Crippen LogP contribution in [0.4, 0.5) is 0 Å². The highest BCUT2D eigenvalue weighted by atomic mass is 35.5. The summed E-state index contributed by atoms with van der Waals surface area (Å²) in [6.45, 7) is 14.1. The lowest BCUT2D eigenvalue weighted by Gasteiger charge is -2.20. The molecule has 206 valence electrons. The Kier molecular flexibility index (Phi) is 13.4. The second-order valence-corrected chi connectivity index (χ2v) is 8.95. The Labute approximate surface area is 231 Å². The van der Waals surface area contributed by atoms with E-state index >= 15 is 0 Å². The lowest BCUT2D eigenvalue weighted by Crippen LogP contribution is -2.25. The molecule has 0 saturated carbocycles. The van der Waals surface area contributed by atoms with Crippen LogP contribution >= 0.6 is 24.8 Å². The van der Waals surface area contributed by atoms with E-state index in [0.717, 1.165) is 68.6 Å². The predicted molar refractivity (Wildman–Crippen MR) is 154 cm³/mol. The Bertz CT molecular complexity index is 1190. The molecule has 0 spiro atoms. The smallest absolute Gasteiger partial charge is 0.336 e. The fourth-order valence-corrected chi connectivity index (χ4v) is 4.98. The largest absolute Gasteiger partial charge is 0.478 e. The van der Waals surface area contributed by atoms with Crippen LogP contribution in [0.3, 0.4) is 0 Å². The predicted octanol–water partition coefficient (Wildman–Crippen LogP) is 6.37. The van der Waals surface area contributed by atoms with E-state index in [2.05, 4.69) is 37.5 Å². The average Bonchev–Trinajstić information content (AvgIpc) is 3.21. The molecule has 0 aliphatic rings. The molecule has 0 unspecified atom stereocenters. The quantitative estimate of drug-likeness (QED) is 0.239. The molecule has 0 radical (unpaired) electrons. The molecule has 0 saturated heterocycles. The number of hydrogen-bond acceptors (Lipinski definition) is 5. The van der Waals surface area contributed by atoms with Gasteiger partial charge in [0.1, 0.15) is 11.2 Å². The molecular formula is C28H40Cl2N2O5. The van der Waals surface area contributed by atoms with E-state index in [1.807, 2.05) is 6.07 Å². The lowest BCUT2D eigenvalue weighted by atomic mass is 9.90. The van der Waals surface area contributed by atoms with Crippen LogP contribution in [0.5, 0.6) is 0 Å². The summed E-state index contributed by atoms with van der Waals surface area (Å²) in [4.78, 5) is 28.9. The van der Waals surface area contributed by atoms with Crippen molar-refractivity contribution >= 4 is 58.7 Å². The van der Waals surface area contributed by atoms with E-state index in [1.54, 1.807) is 12.1 Å². The van der Waals surface area contributed by atoms with Crippen molar-refractivity contribution in [1.29, 1.82) is 0 Å². The molecular weight excluding hydrogens is 515 g/mol. The third-order valence-corrected chi connectivity index (χ3v) is 7.02. The van der Waals surface area contributed by atoms with Gasteiger partial charge in [0, 0.05) is 10.8 Å². The average molecular weight is 556 g/mol. The van der Waals surface area contributed by atoms with Crippen LogP contribution in [-0.2, 0) is 12.8 Å². The third kappa shape index (κ3) is 7.60. The van der Waals surface area contributed by atoms with E-state index < -0.39 is 11.9 Å². The Hall–Kier alpha value is -2.32. The summed E-state index contributed by atoms with van der Waals surface area (Å²) in [6.07, 6.45) is 2.90. The number of carboxylic acids is 2. The van der Waals surface area contributed by atoms with Gasteiger partial charge in [-0.1, -0.05) is 27.7 Å². The minimum Gasteiger partial charge on any atom is -0.478 e. The van der Waals surface area contributed by atoms with Gasteiger partial charge in [0.25, 0.3) is 0 Å². The molecule has 37 heavy (non-hydrogen) atoms. The van der Waals surface area contributed by atoms with Crippen molar-refractivity contribution < 1.29 is 24.2 Å². The van der Waals surface area contributed by atoms with Crippen molar-refractivity contribution in [2.24, 2.45) is 0 Å². The number of rotatable bonds is 14. The maximum absolute atomic E-state index is 12.6. The van der Waals surface area contributed by atoms with E-state index in [1.165, 1.54) is 6.07 Å². The molecule has 0 bridgehead atoms. The molecule has 3 aromatic rings. The van der Waals surface area contributed by atoms with Gasteiger partial charge in [-0.3, -0.25) is 0 Å². The van der Waals surface area contributed by atoms with Crippen LogP contribution in [-0.4, -0.2) is 71.2 Å². The van der Waals surface area contributed by atoms with Crippen molar-refractivity contribution in [1.82, 2.24) is 9.80 Å². The first-order valence-corrected chi connectivity index (χ1v) is 12.8. The number of carboxylic acid groups (broad SMARTS) is 2. The summed E-state index contributed by atoms with van der Waals surface area (Å²) in [7, 11) is 0. The molecule has 7 nitrogen and oxygen atoms in total. The standard InChI is InChI=1S/C28H38N2O5.2ClH/c1-5-29(6-2)15-9-11-19-18-24-26(22-17-20(27(31)32)13-14-23(22)35-24)21(25(19)28(33)34)12-10-16-30(7-3)8-4;;/h13-14,17-18H,5-12,15-16H2,1-4H3,(H,31,32)(H,33,34);2*1H. The van der Waals surface area contributed by atoms with Crippen LogP contribution < -0.4 is 0 Å². The van der Waals surface area contributed by atoms with E-state index in [0.29, 0.717) is 35.0 Å². The molecule has 0 aliphatic carbocycles. The van der Waals surface area contributed by atoms with E-state index in [4.69, 9.17) is 4.42 Å². The Morgan fingerprint density at radius 3 is 1.86 bits per heavy atom. The van der Waals surface area contributed by atoms with Crippen molar-refractivity contribution in [3.05, 3.63) is 46.5 Å². The van der Waals surface area contributed by atoms with Crippen molar-refractivity contribution in [3.63, 3.8) is 0 Å². The number of aryl methyl sites for hydroxylation is 2. The summed E-state index contributed by atoms with van der Waals surface area (Å²) in [6, 6.07) is 6.65. The summed E-state index contributed by atoms with van der Waals surface area (Å²) in [5.74, 6) is -1.96. The Balaban J connectivity index is 0.00000342. The van der Waals surface area contributed by atoms with Gasteiger partial charge in [-0.2, -0.15) is 0 Å². The summed E-state index contributed by atoms with van der Waals surface area (Å²) in [5, 5.41) is 21.2. The highest BCUT2D eigenvalue weighted by Crippen LogP contribution is 2.37. The Morgan fingerprint density at radius 2 is 1.35 bits per heavy atom. The lowest BCUT2D eigenvalue weighted by molar-refractivity contribution is 0.0684. The topological polar surface area (TPSA) is 94.2 Å². The molecule has 2 N–H and O–H groups in total. The summed E-state index contributed by atoms with van der Waals surface area (Å²) < 4.78 is 6.14. The Morgan fingerprint density at radius 1 is 0.784 bits per heavy atom. The van der Waals surface area contributed by atoms with E-state index in [9.17, 15) is 19.8 Å².